The van der Waals surface area contributed by atoms with E-state index >= 15 is 0 Å². The smallest absolute Gasteiger partial charge is 0.326 e. The van der Waals surface area contributed by atoms with Gasteiger partial charge >= 0.3 is 5.97 Å². The first-order chi connectivity index (χ1) is 29.3. The van der Waals surface area contributed by atoms with Gasteiger partial charge < -0.3 is 34.0 Å². The van der Waals surface area contributed by atoms with Crippen molar-refractivity contribution in [2.45, 2.75) is 71.9 Å². The monoisotopic (exact) mass is 860 g/mol. The molecule has 312 valence electrons. The number of aryl methyl sites for hydroxylation is 3. The zero-order valence-corrected chi connectivity index (χ0v) is 35.3. The summed E-state index contributed by atoms with van der Waals surface area (Å²) in [7, 11) is 0. The van der Waals surface area contributed by atoms with Crippen LogP contribution in [0.2, 0.25) is 10.0 Å². The van der Waals surface area contributed by atoms with Gasteiger partial charge in [-0.05, 0) is 108 Å². The Labute approximate surface area is 362 Å². The molecular formula is C47H42Cl2N4O8. The highest BCUT2D eigenvalue weighted by atomic mass is 35.5. The molecule has 8 rings (SSSR count). The van der Waals surface area contributed by atoms with Crippen molar-refractivity contribution in [3.8, 4) is 28.4 Å². The van der Waals surface area contributed by atoms with Crippen molar-refractivity contribution in [1.82, 2.24) is 20.2 Å². The molecule has 6 aromatic rings. The number of ether oxygens (including phenoxy) is 3. The van der Waals surface area contributed by atoms with Crippen molar-refractivity contribution in [2.75, 3.05) is 6.61 Å². The topological polar surface area (TPSA) is 153 Å². The average Bonchev–Trinajstić information content (AvgIpc) is 3.60. The van der Waals surface area contributed by atoms with Crippen LogP contribution in [0, 0.1) is 27.7 Å². The summed E-state index contributed by atoms with van der Waals surface area (Å²) < 4.78 is 24.2. The Hall–Kier alpha value is -6.37. The van der Waals surface area contributed by atoms with Gasteiger partial charge in [-0.2, -0.15) is 0 Å². The van der Waals surface area contributed by atoms with Gasteiger partial charge in [-0.3, -0.25) is 14.6 Å². The van der Waals surface area contributed by atoms with Gasteiger partial charge in [0.1, 0.15) is 36.8 Å². The quantitative estimate of drug-likeness (QED) is 0.129. The molecular weight excluding hydrogens is 819 g/mol. The Kier molecular flexibility index (Phi) is 11.7. The van der Waals surface area contributed by atoms with Crippen LogP contribution in [0.25, 0.3) is 11.1 Å². The summed E-state index contributed by atoms with van der Waals surface area (Å²) >= 11 is 12.2. The number of halogens is 2. The van der Waals surface area contributed by atoms with E-state index in [4.69, 9.17) is 41.8 Å². The number of benzene rings is 4. The summed E-state index contributed by atoms with van der Waals surface area (Å²) in [6.45, 7) is 7.82. The molecule has 14 heteroatoms. The zero-order chi connectivity index (χ0) is 42.9. The number of nitrogens with one attached hydrogen (secondary N) is 1. The summed E-state index contributed by atoms with van der Waals surface area (Å²) in [5.74, 6) is -0.0459. The molecule has 0 saturated carbocycles. The van der Waals surface area contributed by atoms with Crippen LogP contribution in [0.15, 0.2) is 95.5 Å². The van der Waals surface area contributed by atoms with Crippen molar-refractivity contribution in [2.24, 2.45) is 0 Å². The fraction of sp³-hybridized carbons (Fsp3) is 0.255. The number of oxazole rings is 1. The van der Waals surface area contributed by atoms with E-state index in [1.165, 1.54) is 4.90 Å². The second-order valence-corrected chi connectivity index (χ2v) is 16.1. The molecule has 61 heavy (non-hydrogen) atoms. The molecule has 0 fully saturated rings. The van der Waals surface area contributed by atoms with Crippen molar-refractivity contribution in [1.29, 1.82) is 0 Å². The maximum Gasteiger partial charge on any atom is 0.326 e. The minimum atomic E-state index is -1.27. The number of aromatic nitrogens is 2. The largest absolute Gasteiger partial charge is 0.489 e. The first-order valence-corrected chi connectivity index (χ1v) is 20.5. The lowest BCUT2D eigenvalue weighted by Gasteiger charge is -2.37. The van der Waals surface area contributed by atoms with Gasteiger partial charge in [0.2, 0.25) is 5.91 Å². The molecule has 4 aromatic carbocycles. The Balaban J connectivity index is 0.993. The third-order valence-electron chi connectivity index (χ3n) is 11.1. The third-order valence-corrected chi connectivity index (χ3v) is 11.9. The molecule has 2 aliphatic heterocycles. The third kappa shape index (κ3) is 8.92. The molecule has 12 nitrogen and oxygen atoms in total. The molecule has 2 amide bonds. The number of hydrogen-bond donors (Lipinski definition) is 2. The Morgan fingerprint density at radius 2 is 1.64 bits per heavy atom. The maximum atomic E-state index is 14.2. The molecule has 2 N–H and O–H groups in total. The molecule has 0 aliphatic carbocycles. The Morgan fingerprint density at radius 1 is 0.902 bits per heavy atom. The van der Waals surface area contributed by atoms with Crippen LogP contribution in [-0.2, 0) is 35.6 Å². The number of carbonyl (C=O) groups excluding carboxylic acids is 2. The van der Waals surface area contributed by atoms with Crippen LogP contribution in [0.1, 0.15) is 67.3 Å². The number of pyridine rings is 1. The van der Waals surface area contributed by atoms with Gasteiger partial charge in [-0.1, -0.05) is 65.7 Å². The van der Waals surface area contributed by atoms with Crippen LogP contribution < -0.4 is 19.5 Å². The van der Waals surface area contributed by atoms with Crippen LogP contribution in [0.3, 0.4) is 0 Å². The number of amides is 2. The SMILES string of the molecule is Cc1nc(C(=O)N2Cc3cc4c(cc3C[C@H]2C(=O)NC(Cc2ccc(-c3ccnc(C)c3C)cc2)C(=O)O)OC[C@H](c2ccc(OCc3ccc(Cl)c(Cl)c3)cc2)O4)c(C)o1. The fourth-order valence-electron chi connectivity index (χ4n) is 7.68. The second-order valence-electron chi connectivity index (χ2n) is 15.3. The standard InChI is InChI=1S/C47H42Cl2N4O8/c1-25-26(2)50-16-15-36(25)31-8-5-29(6-9-31)18-39(47(56)57)52-45(54)40-19-33-20-41-42(21-34(33)22-53(40)46(55)44-27(3)60-28(4)51-44)61-43(24-59-41)32-10-12-35(13-11-32)58-23-30-7-14-37(48)38(49)17-30/h5-17,20-21,39-40,43H,18-19,22-24H2,1-4H3,(H,52,54)(H,56,57)/t39?,40-,43+/m0/s1. The number of fused-ring (bicyclic) bond motifs is 2. The summed E-state index contributed by atoms with van der Waals surface area (Å²) in [4.78, 5) is 51.1. The van der Waals surface area contributed by atoms with Gasteiger partial charge in [0.25, 0.3) is 5.91 Å². The molecule has 0 bridgehead atoms. The number of nitrogens with zero attached hydrogens (tertiary/aromatic N) is 3. The summed E-state index contributed by atoms with van der Waals surface area (Å²) in [6, 6.07) is 23.8. The Bertz CT molecular complexity index is 2650. The van der Waals surface area contributed by atoms with E-state index in [9.17, 15) is 19.5 Å². The van der Waals surface area contributed by atoms with E-state index in [2.05, 4.69) is 15.3 Å². The van der Waals surface area contributed by atoms with Gasteiger partial charge in [-0.15, -0.1) is 0 Å². The van der Waals surface area contributed by atoms with Gasteiger partial charge in [0.05, 0.1) is 10.0 Å². The first kappa shape index (κ1) is 41.4. The number of carboxylic acids is 1. The molecule has 2 aromatic heterocycles. The van der Waals surface area contributed by atoms with Crippen LogP contribution in [-0.4, -0.2) is 56.4 Å². The van der Waals surface area contributed by atoms with E-state index in [0.717, 1.165) is 50.2 Å². The lowest BCUT2D eigenvalue weighted by molar-refractivity contribution is -0.142. The highest BCUT2D eigenvalue weighted by molar-refractivity contribution is 6.42. The highest BCUT2D eigenvalue weighted by Gasteiger charge is 2.39. The minimum absolute atomic E-state index is 0.0247. The summed E-state index contributed by atoms with van der Waals surface area (Å²) in [6.07, 6.45) is 1.46. The van der Waals surface area contributed by atoms with Crippen LogP contribution >= 0.6 is 23.2 Å². The van der Waals surface area contributed by atoms with E-state index in [1.54, 1.807) is 32.2 Å². The number of rotatable bonds is 11. The molecule has 4 heterocycles. The predicted molar refractivity (Wildman–Crippen MR) is 228 cm³/mol. The molecule has 3 atom stereocenters. The van der Waals surface area contributed by atoms with E-state index in [0.29, 0.717) is 45.6 Å². The zero-order valence-electron chi connectivity index (χ0n) is 33.8. The fourth-order valence-corrected chi connectivity index (χ4v) is 8.00. The lowest BCUT2D eigenvalue weighted by atomic mass is 9.91. The van der Waals surface area contributed by atoms with Crippen LogP contribution in [0.4, 0.5) is 0 Å². The van der Waals surface area contributed by atoms with Crippen molar-refractivity contribution < 1.29 is 38.1 Å². The van der Waals surface area contributed by atoms with Gasteiger partial charge in [-0.25, -0.2) is 9.78 Å². The number of aliphatic carboxylic acids is 1. The number of carbonyl (C=O) groups is 3. The normalized spacial score (nSPS) is 16.1. The van der Waals surface area contributed by atoms with Crippen molar-refractivity contribution in [3.05, 3.63) is 158 Å². The lowest BCUT2D eigenvalue weighted by Crippen LogP contribution is -2.56. The maximum absolute atomic E-state index is 14.2. The average molecular weight is 862 g/mol. The second kappa shape index (κ2) is 17.3. The van der Waals surface area contributed by atoms with Gasteiger partial charge in [0, 0.05) is 38.2 Å². The molecule has 0 saturated heterocycles. The highest BCUT2D eigenvalue weighted by Crippen LogP contribution is 2.41. The van der Waals surface area contributed by atoms with Crippen molar-refractivity contribution in [3.63, 3.8) is 0 Å². The summed E-state index contributed by atoms with van der Waals surface area (Å²) in [5.41, 5.74) is 8.08. The molecule has 2 aliphatic rings. The van der Waals surface area contributed by atoms with Crippen LogP contribution in [0.5, 0.6) is 17.2 Å². The van der Waals surface area contributed by atoms with Gasteiger partial charge in [0.15, 0.2) is 29.2 Å². The summed E-state index contributed by atoms with van der Waals surface area (Å²) in [5, 5.41) is 14.0. The predicted octanol–water partition coefficient (Wildman–Crippen LogP) is 8.75. The number of hydrogen-bond acceptors (Lipinski definition) is 9. The molecule has 0 radical (unpaired) electrons. The Morgan fingerprint density at radius 3 is 2.34 bits per heavy atom. The molecule has 0 spiro atoms. The van der Waals surface area contributed by atoms with E-state index in [1.807, 2.05) is 86.6 Å². The van der Waals surface area contributed by atoms with E-state index in [-0.39, 0.29) is 31.7 Å². The van der Waals surface area contributed by atoms with Crippen molar-refractivity contribution >= 4 is 41.0 Å². The van der Waals surface area contributed by atoms with E-state index < -0.39 is 36.0 Å². The first-order valence-electron chi connectivity index (χ1n) is 19.7. The molecule has 1 unspecified atom stereocenters. The number of carboxylic acid groups (broad SMARTS) is 1. The minimum Gasteiger partial charge on any atom is -0.489 e.